The summed E-state index contributed by atoms with van der Waals surface area (Å²) in [5.41, 5.74) is -0.784. The van der Waals surface area contributed by atoms with Gasteiger partial charge in [-0.1, -0.05) is 6.92 Å². The third-order valence-corrected chi connectivity index (χ3v) is 1.97. The van der Waals surface area contributed by atoms with E-state index in [2.05, 4.69) is 4.98 Å². The van der Waals surface area contributed by atoms with Crippen LogP contribution in [0.5, 0.6) is 0 Å². The average Bonchev–Trinajstić information content (AvgIpc) is 2.15. The zero-order chi connectivity index (χ0) is 11.6. The molecule has 0 radical (unpaired) electrons. The fraction of sp³-hybridized carbons (Fsp3) is 0.400. The normalized spacial score (nSPS) is 11.2. The number of aryl methyl sites for hydroxylation is 2. The Morgan fingerprint density at radius 3 is 2.47 bits per heavy atom. The van der Waals surface area contributed by atoms with Gasteiger partial charge in [0.25, 0.3) is 0 Å². The number of hydrogen-bond donors (Lipinski definition) is 0. The molecule has 0 aliphatic heterocycles. The number of nitrogens with zero attached hydrogens (tertiary/aromatic N) is 2. The van der Waals surface area contributed by atoms with Gasteiger partial charge in [-0.15, -0.1) is 0 Å². The van der Waals surface area contributed by atoms with Gasteiger partial charge in [0.1, 0.15) is 6.07 Å². The lowest BCUT2D eigenvalue weighted by atomic mass is 10.0. The SMILES string of the molecule is CCc1nc(C)cc(C(F)(F)F)c1C#N. The van der Waals surface area contributed by atoms with Gasteiger partial charge in [-0.2, -0.15) is 18.4 Å². The molecule has 1 aromatic rings. The fourth-order valence-corrected chi connectivity index (χ4v) is 1.34. The van der Waals surface area contributed by atoms with Crippen LogP contribution in [0.15, 0.2) is 6.07 Å². The molecule has 0 aliphatic carbocycles. The first kappa shape index (κ1) is 11.5. The Bertz CT molecular complexity index is 416. The molecule has 0 N–H and O–H groups in total. The van der Waals surface area contributed by atoms with Crippen molar-refractivity contribution in [3.63, 3.8) is 0 Å². The summed E-state index contributed by atoms with van der Waals surface area (Å²) in [5.74, 6) is 0. The van der Waals surface area contributed by atoms with Crippen molar-refractivity contribution in [1.29, 1.82) is 5.26 Å². The Kier molecular flexibility index (Phi) is 2.98. The van der Waals surface area contributed by atoms with Gasteiger partial charge in [0, 0.05) is 5.69 Å². The average molecular weight is 214 g/mol. The highest BCUT2D eigenvalue weighted by Gasteiger charge is 2.35. The van der Waals surface area contributed by atoms with Gasteiger partial charge in [-0.25, -0.2) is 0 Å². The maximum Gasteiger partial charge on any atom is 0.417 e. The minimum atomic E-state index is -4.50. The summed E-state index contributed by atoms with van der Waals surface area (Å²) in [6.45, 7) is 3.15. The molecule has 0 amide bonds. The highest BCUT2D eigenvalue weighted by atomic mass is 19.4. The zero-order valence-corrected chi connectivity index (χ0v) is 8.31. The van der Waals surface area contributed by atoms with Crippen molar-refractivity contribution >= 4 is 0 Å². The van der Waals surface area contributed by atoms with E-state index in [1.807, 2.05) is 0 Å². The lowest BCUT2D eigenvalue weighted by Gasteiger charge is -2.11. The monoisotopic (exact) mass is 214 g/mol. The van der Waals surface area contributed by atoms with Crippen LogP contribution in [0.3, 0.4) is 0 Å². The Morgan fingerprint density at radius 1 is 1.47 bits per heavy atom. The molecule has 1 heterocycles. The third kappa shape index (κ3) is 2.27. The quantitative estimate of drug-likeness (QED) is 0.720. The van der Waals surface area contributed by atoms with E-state index in [0.29, 0.717) is 6.42 Å². The van der Waals surface area contributed by atoms with Crippen LogP contribution in [0.25, 0.3) is 0 Å². The molecule has 0 unspecified atom stereocenters. The first-order chi connectivity index (χ1) is 6.90. The van der Waals surface area contributed by atoms with Crippen LogP contribution in [0.4, 0.5) is 13.2 Å². The molecular weight excluding hydrogens is 205 g/mol. The first-order valence-electron chi connectivity index (χ1n) is 4.38. The maximum absolute atomic E-state index is 12.6. The predicted octanol–water partition coefficient (Wildman–Crippen LogP) is 2.84. The highest BCUT2D eigenvalue weighted by molar-refractivity contribution is 5.43. The summed E-state index contributed by atoms with van der Waals surface area (Å²) in [7, 11) is 0. The molecule has 2 nitrogen and oxygen atoms in total. The van der Waals surface area contributed by atoms with Crippen LogP contribution in [-0.4, -0.2) is 4.98 Å². The minimum Gasteiger partial charge on any atom is -0.257 e. The topological polar surface area (TPSA) is 36.7 Å². The van der Waals surface area contributed by atoms with Gasteiger partial charge in [0.15, 0.2) is 0 Å². The molecule has 0 fully saturated rings. The Morgan fingerprint density at radius 2 is 2.07 bits per heavy atom. The summed E-state index contributed by atoms with van der Waals surface area (Å²) >= 11 is 0. The van der Waals surface area contributed by atoms with Crippen LogP contribution in [-0.2, 0) is 12.6 Å². The van der Waals surface area contributed by atoms with Gasteiger partial charge in [-0.05, 0) is 19.4 Å². The first-order valence-corrected chi connectivity index (χ1v) is 4.38. The molecule has 0 bridgehead atoms. The summed E-state index contributed by atoms with van der Waals surface area (Å²) < 4.78 is 37.7. The standard InChI is InChI=1S/C10H9F3N2/c1-3-9-7(5-14)8(10(11,12)13)4-6(2)15-9/h4H,3H2,1-2H3. The van der Waals surface area contributed by atoms with Crippen molar-refractivity contribution in [2.75, 3.05) is 0 Å². The predicted molar refractivity (Wildman–Crippen MR) is 48.1 cm³/mol. The summed E-state index contributed by atoms with van der Waals surface area (Å²) in [4.78, 5) is 3.91. The van der Waals surface area contributed by atoms with E-state index >= 15 is 0 Å². The number of nitriles is 1. The summed E-state index contributed by atoms with van der Waals surface area (Å²) in [6.07, 6.45) is -4.18. The summed E-state index contributed by atoms with van der Waals surface area (Å²) in [6, 6.07) is 2.47. The molecule has 80 valence electrons. The van der Waals surface area contributed by atoms with Crippen molar-refractivity contribution in [3.8, 4) is 6.07 Å². The Hall–Kier alpha value is -1.57. The highest BCUT2D eigenvalue weighted by Crippen LogP contribution is 2.33. The number of rotatable bonds is 1. The molecule has 5 heteroatoms. The van der Waals surface area contributed by atoms with Crippen molar-refractivity contribution in [2.45, 2.75) is 26.4 Å². The largest absolute Gasteiger partial charge is 0.417 e. The Labute approximate surface area is 85.4 Å². The van der Waals surface area contributed by atoms with Crippen molar-refractivity contribution in [1.82, 2.24) is 4.98 Å². The zero-order valence-electron chi connectivity index (χ0n) is 8.31. The lowest BCUT2D eigenvalue weighted by Crippen LogP contribution is -2.11. The lowest BCUT2D eigenvalue weighted by molar-refractivity contribution is -0.137. The third-order valence-electron chi connectivity index (χ3n) is 1.97. The van der Waals surface area contributed by atoms with Gasteiger partial charge < -0.3 is 0 Å². The molecule has 0 spiro atoms. The molecule has 0 saturated heterocycles. The van der Waals surface area contributed by atoms with Crippen molar-refractivity contribution in [2.24, 2.45) is 0 Å². The second-order valence-electron chi connectivity index (χ2n) is 3.10. The number of pyridine rings is 1. The molecule has 15 heavy (non-hydrogen) atoms. The number of alkyl halides is 3. The fourth-order valence-electron chi connectivity index (χ4n) is 1.34. The number of aromatic nitrogens is 1. The van der Waals surface area contributed by atoms with Crippen molar-refractivity contribution < 1.29 is 13.2 Å². The van der Waals surface area contributed by atoms with E-state index in [1.165, 1.54) is 6.92 Å². The van der Waals surface area contributed by atoms with E-state index in [4.69, 9.17) is 5.26 Å². The molecule has 1 rings (SSSR count). The molecule has 1 aromatic heterocycles. The number of hydrogen-bond acceptors (Lipinski definition) is 2. The van der Waals surface area contributed by atoms with Crippen molar-refractivity contribution in [3.05, 3.63) is 28.6 Å². The second-order valence-corrected chi connectivity index (χ2v) is 3.10. The molecule has 0 saturated carbocycles. The molecule has 0 atom stereocenters. The van der Waals surface area contributed by atoms with Crippen LogP contribution < -0.4 is 0 Å². The molecule has 0 aromatic carbocycles. The van der Waals surface area contributed by atoms with Gasteiger partial charge in [0.05, 0.1) is 16.8 Å². The minimum absolute atomic E-state index is 0.199. The van der Waals surface area contributed by atoms with E-state index in [9.17, 15) is 13.2 Å². The van der Waals surface area contributed by atoms with Crippen LogP contribution >= 0.6 is 0 Å². The smallest absolute Gasteiger partial charge is 0.257 e. The van der Waals surface area contributed by atoms with E-state index < -0.39 is 11.7 Å². The van der Waals surface area contributed by atoms with Gasteiger partial charge in [0.2, 0.25) is 0 Å². The van der Waals surface area contributed by atoms with Crippen LogP contribution in [0, 0.1) is 18.3 Å². The van der Waals surface area contributed by atoms with Gasteiger partial charge in [-0.3, -0.25) is 4.98 Å². The molecule has 0 aliphatic rings. The molecular formula is C10H9F3N2. The second kappa shape index (κ2) is 3.89. The Balaban J connectivity index is 3.51. The number of halogens is 3. The van der Waals surface area contributed by atoms with Gasteiger partial charge >= 0.3 is 6.18 Å². The van der Waals surface area contributed by atoms with Crippen LogP contribution in [0.1, 0.15) is 29.4 Å². The maximum atomic E-state index is 12.6. The van der Waals surface area contributed by atoms with E-state index in [0.717, 1.165) is 6.07 Å². The van der Waals surface area contributed by atoms with E-state index in [-0.39, 0.29) is 17.0 Å². The summed E-state index contributed by atoms with van der Waals surface area (Å²) in [5, 5.41) is 8.69. The van der Waals surface area contributed by atoms with Crippen LogP contribution in [0.2, 0.25) is 0 Å². The van der Waals surface area contributed by atoms with E-state index in [1.54, 1.807) is 13.0 Å².